The van der Waals surface area contributed by atoms with Crippen LogP contribution in [0.4, 0.5) is 5.69 Å². The fourth-order valence-electron chi connectivity index (χ4n) is 0.949. The minimum Gasteiger partial charge on any atom is -0.385 e. The van der Waals surface area contributed by atoms with Crippen LogP contribution in [0.3, 0.4) is 0 Å². The summed E-state index contributed by atoms with van der Waals surface area (Å²) in [5.41, 5.74) is 1.79. The Labute approximate surface area is 91.9 Å². The lowest BCUT2D eigenvalue weighted by molar-refractivity contribution is 0.112. The van der Waals surface area contributed by atoms with Crippen molar-refractivity contribution in [1.82, 2.24) is 5.32 Å². The molecule has 0 amide bonds. The van der Waals surface area contributed by atoms with Gasteiger partial charge in [0.05, 0.1) is 0 Å². The topological polar surface area (TPSA) is 41.1 Å². The van der Waals surface area contributed by atoms with Crippen LogP contribution in [0, 0.1) is 0 Å². The summed E-state index contributed by atoms with van der Waals surface area (Å²) in [5, 5.41) is 5.98. The second-order valence-electron chi connectivity index (χ2n) is 3.17. The van der Waals surface area contributed by atoms with E-state index in [1.165, 1.54) is 0 Å². The third-order valence-electron chi connectivity index (χ3n) is 1.63. The van der Waals surface area contributed by atoms with Gasteiger partial charge in [-0.3, -0.25) is 4.79 Å². The molecule has 0 bridgehead atoms. The Morgan fingerprint density at radius 3 is 2.13 bits per heavy atom. The fourth-order valence-corrected chi connectivity index (χ4v) is 0.949. The summed E-state index contributed by atoms with van der Waals surface area (Å²) in [6.45, 7) is 3.09. The lowest BCUT2D eigenvalue weighted by Crippen LogP contribution is -1.99. The van der Waals surface area contributed by atoms with Crippen molar-refractivity contribution >= 4 is 12.0 Å². The van der Waals surface area contributed by atoms with Crippen LogP contribution in [0.1, 0.15) is 23.7 Å². The SMILES string of the molecule is CCCNc1ccc(C=O)cc1.CNC. The standard InChI is InChI=1S/C10H13NO.C2H7N/c1-2-7-11-10-5-3-9(8-12)4-6-10;1-3-2/h3-6,8,11H,2,7H2,1H3;3H,1-2H3. The van der Waals surface area contributed by atoms with E-state index in [2.05, 4.69) is 17.6 Å². The highest BCUT2D eigenvalue weighted by Gasteiger charge is 1.90. The molecule has 3 heteroatoms. The van der Waals surface area contributed by atoms with Crippen LogP contribution >= 0.6 is 0 Å². The minimum atomic E-state index is 0.719. The summed E-state index contributed by atoms with van der Waals surface area (Å²) in [7, 11) is 3.75. The number of aldehydes is 1. The van der Waals surface area contributed by atoms with Gasteiger partial charge in [-0.15, -0.1) is 0 Å². The predicted octanol–water partition coefficient (Wildman–Crippen LogP) is 2.16. The number of rotatable bonds is 4. The maximum Gasteiger partial charge on any atom is 0.150 e. The average Bonchev–Trinajstić information content (AvgIpc) is 2.28. The van der Waals surface area contributed by atoms with E-state index in [0.29, 0.717) is 0 Å². The van der Waals surface area contributed by atoms with E-state index in [9.17, 15) is 4.79 Å². The molecular weight excluding hydrogens is 188 g/mol. The van der Waals surface area contributed by atoms with Crippen molar-refractivity contribution in [3.8, 4) is 0 Å². The van der Waals surface area contributed by atoms with Crippen LogP contribution in [0.5, 0.6) is 0 Å². The maximum absolute atomic E-state index is 10.3. The van der Waals surface area contributed by atoms with Crippen molar-refractivity contribution < 1.29 is 4.79 Å². The summed E-state index contributed by atoms with van der Waals surface area (Å²) in [6, 6.07) is 7.45. The summed E-state index contributed by atoms with van der Waals surface area (Å²) in [6.07, 6.45) is 1.96. The van der Waals surface area contributed by atoms with Gasteiger partial charge in [0.25, 0.3) is 0 Å². The first-order chi connectivity index (χ1) is 7.28. The van der Waals surface area contributed by atoms with E-state index in [1.807, 2.05) is 38.4 Å². The first-order valence-corrected chi connectivity index (χ1v) is 5.16. The molecule has 84 valence electrons. The van der Waals surface area contributed by atoms with Crippen molar-refractivity contribution in [1.29, 1.82) is 0 Å². The zero-order chi connectivity index (χ0) is 11.5. The second kappa shape index (κ2) is 9.21. The molecule has 0 spiro atoms. The molecule has 0 saturated carbocycles. The van der Waals surface area contributed by atoms with Crippen LogP contribution < -0.4 is 10.6 Å². The monoisotopic (exact) mass is 208 g/mol. The van der Waals surface area contributed by atoms with Crippen molar-refractivity contribution in [2.75, 3.05) is 26.0 Å². The van der Waals surface area contributed by atoms with Crippen molar-refractivity contribution in [2.45, 2.75) is 13.3 Å². The van der Waals surface area contributed by atoms with E-state index in [-0.39, 0.29) is 0 Å². The Hall–Kier alpha value is -1.35. The highest BCUT2D eigenvalue weighted by atomic mass is 16.1. The van der Waals surface area contributed by atoms with Gasteiger partial charge in [0.15, 0.2) is 0 Å². The van der Waals surface area contributed by atoms with Crippen LogP contribution in [0.15, 0.2) is 24.3 Å². The van der Waals surface area contributed by atoms with Gasteiger partial charge in [-0.2, -0.15) is 0 Å². The van der Waals surface area contributed by atoms with Gasteiger partial charge in [0, 0.05) is 17.8 Å². The molecule has 0 radical (unpaired) electrons. The minimum absolute atomic E-state index is 0.719. The molecule has 1 rings (SSSR count). The molecular formula is C12H20N2O. The molecule has 1 aromatic carbocycles. The first kappa shape index (κ1) is 13.7. The third-order valence-corrected chi connectivity index (χ3v) is 1.63. The highest BCUT2D eigenvalue weighted by Crippen LogP contribution is 2.07. The van der Waals surface area contributed by atoms with Gasteiger partial charge >= 0.3 is 0 Å². The van der Waals surface area contributed by atoms with Gasteiger partial charge in [0.1, 0.15) is 6.29 Å². The second-order valence-corrected chi connectivity index (χ2v) is 3.17. The lowest BCUT2D eigenvalue weighted by atomic mass is 10.2. The number of carbonyl (C=O) groups excluding carboxylic acids is 1. The van der Waals surface area contributed by atoms with Crippen LogP contribution in [0.2, 0.25) is 0 Å². The molecule has 2 N–H and O–H groups in total. The Morgan fingerprint density at radius 2 is 1.73 bits per heavy atom. The predicted molar refractivity (Wildman–Crippen MR) is 65.6 cm³/mol. The average molecular weight is 208 g/mol. The Bertz CT molecular complexity index is 257. The largest absolute Gasteiger partial charge is 0.385 e. The smallest absolute Gasteiger partial charge is 0.150 e. The molecule has 0 aromatic heterocycles. The highest BCUT2D eigenvalue weighted by molar-refractivity contribution is 5.75. The number of hydrogen-bond donors (Lipinski definition) is 2. The number of anilines is 1. The Balaban J connectivity index is 0.000000583. The molecule has 1 aromatic rings. The van der Waals surface area contributed by atoms with Crippen LogP contribution in [0.25, 0.3) is 0 Å². The number of benzene rings is 1. The third kappa shape index (κ3) is 6.69. The molecule has 0 heterocycles. The molecule has 0 unspecified atom stereocenters. The van der Waals surface area contributed by atoms with Gasteiger partial charge < -0.3 is 10.6 Å². The number of nitrogens with one attached hydrogen (secondary N) is 2. The van der Waals surface area contributed by atoms with Gasteiger partial charge in [-0.05, 0) is 44.8 Å². The van der Waals surface area contributed by atoms with E-state index < -0.39 is 0 Å². The molecule has 15 heavy (non-hydrogen) atoms. The van der Waals surface area contributed by atoms with Gasteiger partial charge in [0.2, 0.25) is 0 Å². The molecule has 3 nitrogen and oxygen atoms in total. The van der Waals surface area contributed by atoms with E-state index in [4.69, 9.17) is 0 Å². The normalized spacial score (nSPS) is 8.73. The summed E-state index contributed by atoms with van der Waals surface area (Å²) >= 11 is 0. The van der Waals surface area contributed by atoms with Gasteiger partial charge in [-0.25, -0.2) is 0 Å². The van der Waals surface area contributed by atoms with E-state index in [0.717, 1.165) is 30.5 Å². The molecule has 0 aliphatic rings. The van der Waals surface area contributed by atoms with E-state index in [1.54, 1.807) is 0 Å². The zero-order valence-electron chi connectivity index (χ0n) is 9.71. The fraction of sp³-hybridized carbons (Fsp3) is 0.417. The Kier molecular flexibility index (Phi) is 8.39. The van der Waals surface area contributed by atoms with Crippen molar-refractivity contribution in [3.63, 3.8) is 0 Å². The quantitative estimate of drug-likeness (QED) is 0.745. The van der Waals surface area contributed by atoms with Crippen molar-refractivity contribution in [2.24, 2.45) is 0 Å². The van der Waals surface area contributed by atoms with Crippen LogP contribution in [-0.2, 0) is 0 Å². The maximum atomic E-state index is 10.3. The van der Waals surface area contributed by atoms with Gasteiger partial charge in [-0.1, -0.05) is 6.92 Å². The molecule has 0 aliphatic heterocycles. The summed E-state index contributed by atoms with van der Waals surface area (Å²) < 4.78 is 0. The number of hydrogen-bond acceptors (Lipinski definition) is 3. The zero-order valence-corrected chi connectivity index (χ0v) is 9.71. The number of carbonyl (C=O) groups is 1. The summed E-state index contributed by atoms with van der Waals surface area (Å²) in [4.78, 5) is 10.3. The molecule has 0 aliphatic carbocycles. The van der Waals surface area contributed by atoms with Crippen molar-refractivity contribution in [3.05, 3.63) is 29.8 Å². The summed E-state index contributed by atoms with van der Waals surface area (Å²) in [5.74, 6) is 0. The Morgan fingerprint density at radius 1 is 1.20 bits per heavy atom. The van der Waals surface area contributed by atoms with Crippen LogP contribution in [-0.4, -0.2) is 26.9 Å². The molecule has 0 fully saturated rings. The lowest BCUT2D eigenvalue weighted by Gasteiger charge is -2.03. The molecule has 0 atom stereocenters. The molecule has 0 saturated heterocycles. The van der Waals surface area contributed by atoms with E-state index >= 15 is 0 Å². The first-order valence-electron chi connectivity index (χ1n) is 5.16.